The SMILES string of the molecule is Cc1ccc(C2(Cc3csc(C)n3)C(=O)Nc3cccc(Cl)c32)cc1. The van der Waals surface area contributed by atoms with E-state index in [2.05, 4.69) is 10.3 Å². The van der Waals surface area contributed by atoms with Gasteiger partial charge in [-0.15, -0.1) is 11.3 Å². The molecule has 0 aliphatic carbocycles. The van der Waals surface area contributed by atoms with Crippen LogP contribution in [-0.2, 0) is 16.6 Å². The molecule has 1 unspecified atom stereocenters. The number of nitrogens with one attached hydrogen (secondary N) is 1. The Bertz CT molecular complexity index is 964. The Kier molecular flexibility index (Phi) is 3.89. The molecule has 2 heterocycles. The number of halogens is 1. The van der Waals surface area contributed by atoms with Crippen LogP contribution in [0.2, 0.25) is 5.02 Å². The van der Waals surface area contributed by atoms with Gasteiger partial charge in [0.2, 0.25) is 5.91 Å². The molecule has 5 heteroatoms. The van der Waals surface area contributed by atoms with Gasteiger partial charge in [-0.3, -0.25) is 4.79 Å². The van der Waals surface area contributed by atoms with Crippen LogP contribution < -0.4 is 5.32 Å². The molecule has 2 aromatic carbocycles. The molecule has 0 spiro atoms. The van der Waals surface area contributed by atoms with E-state index in [4.69, 9.17) is 11.6 Å². The molecule has 3 aromatic rings. The lowest BCUT2D eigenvalue weighted by atomic mass is 9.72. The van der Waals surface area contributed by atoms with Gasteiger partial charge in [0.1, 0.15) is 5.41 Å². The van der Waals surface area contributed by atoms with Crippen LogP contribution in [0.4, 0.5) is 5.69 Å². The topological polar surface area (TPSA) is 42.0 Å². The minimum Gasteiger partial charge on any atom is -0.325 e. The molecule has 3 nitrogen and oxygen atoms in total. The van der Waals surface area contributed by atoms with Crippen molar-refractivity contribution in [2.24, 2.45) is 0 Å². The van der Waals surface area contributed by atoms with Crippen LogP contribution in [0.5, 0.6) is 0 Å². The Morgan fingerprint density at radius 2 is 1.92 bits per heavy atom. The Hall–Kier alpha value is -2.17. The summed E-state index contributed by atoms with van der Waals surface area (Å²) in [5.74, 6) is -0.0508. The first-order chi connectivity index (χ1) is 12.0. The highest BCUT2D eigenvalue weighted by molar-refractivity contribution is 7.09. The number of nitrogens with zero attached hydrogens (tertiary/aromatic N) is 1. The number of hydrogen-bond donors (Lipinski definition) is 1. The maximum atomic E-state index is 13.2. The van der Waals surface area contributed by atoms with Crippen molar-refractivity contribution >= 4 is 34.5 Å². The fourth-order valence-electron chi connectivity index (χ4n) is 3.55. The predicted molar refractivity (Wildman–Crippen MR) is 103 cm³/mol. The smallest absolute Gasteiger partial charge is 0.240 e. The number of fused-ring (bicyclic) bond motifs is 1. The molecule has 1 aliphatic rings. The third-order valence-corrected chi connectivity index (χ3v) is 5.87. The van der Waals surface area contributed by atoms with Crippen molar-refractivity contribution in [1.82, 2.24) is 4.98 Å². The zero-order valence-electron chi connectivity index (χ0n) is 14.0. The minimum absolute atomic E-state index is 0.0508. The number of anilines is 1. The zero-order valence-corrected chi connectivity index (χ0v) is 15.5. The van der Waals surface area contributed by atoms with Crippen molar-refractivity contribution in [2.45, 2.75) is 25.7 Å². The zero-order chi connectivity index (χ0) is 17.6. The lowest BCUT2D eigenvalue weighted by Gasteiger charge is -2.28. The van der Waals surface area contributed by atoms with Crippen molar-refractivity contribution in [3.63, 3.8) is 0 Å². The standard InChI is InChI=1S/C20H17ClN2OS/c1-12-6-8-14(9-7-12)20(10-15-11-25-13(2)22-15)18-16(21)4-3-5-17(18)23-19(20)24/h3-9,11H,10H2,1-2H3,(H,23,24). The van der Waals surface area contributed by atoms with E-state index in [0.29, 0.717) is 11.4 Å². The first kappa shape index (κ1) is 16.3. The highest BCUT2D eigenvalue weighted by Crippen LogP contribution is 2.48. The second kappa shape index (κ2) is 5.97. The Morgan fingerprint density at radius 1 is 1.16 bits per heavy atom. The molecule has 1 amide bonds. The van der Waals surface area contributed by atoms with Gasteiger partial charge in [0.05, 0.1) is 10.7 Å². The molecule has 1 aromatic heterocycles. The second-order valence-corrected chi connectivity index (χ2v) is 7.89. The van der Waals surface area contributed by atoms with E-state index in [9.17, 15) is 4.79 Å². The third-order valence-electron chi connectivity index (χ3n) is 4.73. The van der Waals surface area contributed by atoms with Crippen LogP contribution in [0.25, 0.3) is 0 Å². The van der Waals surface area contributed by atoms with Crippen LogP contribution in [0.3, 0.4) is 0 Å². The van der Waals surface area contributed by atoms with Crippen molar-refractivity contribution in [2.75, 3.05) is 5.32 Å². The monoisotopic (exact) mass is 368 g/mol. The summed E-state index contributed by atoms with van der Waals surface area (Å²) in [7, 11) is 0. The summed E-state index contributed by atoms with van der Waals surface area (Å²) in [6, 6.07) is 13.7. The van der Waals surface area contributed by atoms with Crippen LogP contribution in [-0.4, -0.2) is 10.9 Å². The molecular weight excluding hydrogens is 352 g/mol. The summed E-state index contributed by atoms with van der Waals surface area (Å²) in [6.07, 6.45) is 0.489. The number of rotatable bonds is 3. The first-order valence-corrected chi connectivity index (χ1v) is 9.35. The number of amides is 1. The van der Waals surface area contributed by atoms with Gasteiger partial charge in [0.15, 0.2) is 0 Å². The number of benzene rings is 2. The number of carbonyl (C=O) groups excluding carboxylic acids is 1. The van der Waals surface area contributed by atoms with Gasteiger partial charge in [-0.25, -0.2) is 4.98 Å². The van der Waals surface area contributed by atoms with E-state index in [1.54, 1.807) is 11.3 Å². The van der Waals surface area contributed by atoms with Gasteiger partial charge >= 0.3 is 0 Å². The van der Waals surface area contributed by atoms with E-state index < -0.39 is 5.41 Å². The molecular formula is C20H17ClN2OS. The quantitative estimate of drug-likeness (QED) is 0.714. The van der Waals surface area contributed by atoms with Gasteiger partial charge in [0.25, 0.3) is 0 Å². The molecule has 126 valence electrons. The largest absolute Gasteiger partial charge is 0.325 e. The molecule has 0 saturated heterocycles. The summed E-state index contributed by atoms with van der Waals surface area (Å²) in [6.45, 7) is 4.01. The van der Waals surface area contributed by atoms with Crippen LogP contribution in [0, 0.1) is 13.8 Å². The highest BCUT2D eigenvalue weighted by Gasteiger charge is 2.50. The van der Waals surface area contributed by atoms with Crippen molar-refractivity contribution in [3.8, 4) is 0 Å². The molecule has 1 N–H and O–H groups in total. The molecule has 25 heavy (non-hydrogen) atoms. The molecule has 1 atom stereocenters. The maximum absolute atomic E-state index is 13.2. The van der Waals surface area contributed by atoms with Crippen LogP contribution in [0.15, 0.2) is 47.8 Å². The molecule has 0 saturated carbocycles. The van der Waals surface area contributed by atoms with E-state index in [-0.39, 0.29) is 5.91 Å². The fraction of sp³-hybridized carbons (Fsp3) is 0.200. The average molecular weight is 369 g/mol. The van der Waals surface area contributed by atoms with E-state index in [1.165, 1.54) is 0 Å². The van der Waals surface area contributed by atoms with Crippen molar-refractivity contribution in [3.05, 3.63) is 80.3 Å². The maximum Gasteiger partial charge on any atom is 0.240 e. The molecule has 1 aliphatic heterocycles. The predicted octanol–water partition coefficient (Wildman–Crippen LogP) is 4.89. The number of thiazole rings is 1. The van der Waals surface area contributed by atoms with Crippen LogP contribution >= 0.6 is 22.9 Å². The van der Waals surface area contributed by atoms with Gasteiger partial charge < -0.3 is 5.32 Å². The number of carbonyl (C=O) groups is 1. The van der Waals surface area contributed by atoms with E-state index in [1.807, 2.05) is 61.7 Å². The summed E-state index contributed by atoms with van der Waals surface area (Å²) in [5, 5.41) is 6.64. The average Bonchev–Trinajstić information content (AvgIpc) is 3.11. The Labute approximate surface area is 155 Å². The Balaban J connectivity index is 1.97. The van der Waals surface area contributed by atoms with Crippen LogP contribution in [0.1, 0.15) is 27.4 Å². The summed E-state index contributed by atoms with van der Waals surface area (Å²) < 4.78 is 0. The molecule has 4 rings (SSSR count). The molecule has 0 fully saturated rings. The lowest BCUT2D eigenvalue weighted by Crippen LogP contribution is -2.38. The van der Waals surface area contributed by atoms with Gasteiger partial charge in [-0.1, -0.05) is 47.5 Å². The van der Waals surface area contributed by atoms with E-state index in [0.717, 1.165) is 33.1 Å². The van der Waals surface area contributed by atoms with E-state index >= 15 is 0 Å². The fourth-order valence-corrected chi connectivity index (χ4v) is 4.50. The summed E-state index contributed by atoms with van der Waals surface area (Å²) in [5.41, 5.74) is 3.77. The first-order valence-electron chi connectivity index (χ1n) is 8.09. The van der Waals surface area contributed by atoms with Crippen molar-refractivity contribution in [1.29, 1.82) is 0 Å². The molecule has 0 radical (unpaired) electrons. The highest BCUT2D eigenvalue weighted by atomic mass is 35.5. The van der Waals surface area contributed by atoms with Crippen molar-refractivity contribution < 1.29 is 4.79 Å². The number of hydrogen-bond acceptors (Lipinski definition) is 3. The summed E-state index contributed by atoms with van der Waals surface area (Å²) >= 11 is 8.16. The minimum atomic E-state index is -0.859. The third kappa shape index (κ3) is 2.57. The molecule has 0 bridgehead atoms. The normalized spacial score (nSPS) is 18.9. The van der Waals surface area contributed by atoms with Gasteiger partial charge in [0, 0.05) is 28.1 Å². The Morgan fingerprint density at radius 3 is 2.60 bits per heavy atom. The summed E-state index contributed by atoms with van der Waals surface area (Å²) in [4.78, 5) is 17.8. The van der Waals surface area contributed by atoms with Gasteiger partial charge in [-0.2, -0.15) is 0 Å². The van der Waals surface area contributed by atoms with Gasteiger partial charge in [-0.05, 0) is 31.5 Å². The number of aryl methyl sites for hydroxylation is 2. The second-order valence-electron chi connectivity index (χ2n) is 6.42. The number of aromatic nitrogens is 1. The lowest BCUT2D eigenvalue weighted by molar-refractivity contribution is -0.119.